The fraction of sp³-hybridized carbons (Fsp3) is 0.526. The summed E-state index contributed by atoms with van der Waals surface area (Å²) in [7, 11) is 0. The summed E-state index contributed by atoms with van der Waals surface area (Å²) in [6.45, 7) is 5.24. The van der Waals surface area contributed by atoms with Crippen molar-refractivity contribution in [3.63, 3.8) is 0 Å². The molecule has 0 spiro atoms. The molecular formula is C19H26NO9+. The first-order valence-corrected chi connectivity index (χ1v) is 8.98. The third kappa shape index (κ3) is 9.15. The average Bonchev–Trinajstić information content (AvgIpc) is 2.65. The number of carbonyl (C=O) groups excluding carboxylic acids is 4. The number of hydrogen-bond donors (Lipinski definition) is 0. The molecule has 1 unspecified atom stereocenters. The van der Waals surface area contributed by atoms with E-state index in [1.165, 1.54) is 31.5 Å². The van der Waals surface area contributed by atoms with Crippen LogP contribution < -0.4 is 4.57 Å². The van der Waals surface area contributed by atoms with Crippen molar-refractivity contribution in [3.8, 4) is 0 Å². The van der Waals surface area contributed by atoms with Crippen molar-refractivity contribution < 1.29 is 47.4 Å². The van der Waals surface area contributed by atoms with E-state index in [0.29, 0.717) is 0 Å². The number of hydrogen-bond acceptors (Lipinski definition) is 9. The second-order valence-electron chi connectivity index (χ2n) is 5.81. The minimum Gasteiger partial charge on any atom is -0.463 e. The number of pyridine rings is 1. The van der Waals surface area contributed by atoms with Crippen LogP contribution in [0.4, 0.5) is 0 Å². The Morgan fingerprint density at radius 3 is 2.24 bits per heavy atom. The quantitative estimate of drug-likeness (QED) is 0.224. The van der Waals surface area contributed by atoms with E-state index in [9.17, 15) is 19.2 Å². The van der Waals surface area contributed by atoms with Crippen LogP contribution in [0.25, 0.3) is 0 Å². The van der Waals surface area contributed by atoms with Crippen LogP contribution >= 0.6 is 0 Å². The highest BCUT2D eigenvalue weighted by atomic mass is 16.6. The highest BCUT2D eigenvalue weighted by Crippen LogP contribution is 2.13. The van der Waals surface area contributed by atoms with Gasteiger partial charge in [0.1, 0.15) is 18.8 Å². The standard InChI is InChI=1S/C19H26NO9/c1-5-25-19(24)16-7-6-8-20(11-16)18(27-10-9-26-13(2)21)17(29-15(4)23)12-28-14(3)22/h6-8,11,17-18H,5,9-10,12H2,1-4H3/q+1/t17-,18?/m0/s1. The lowest BCUT2D eigenvalue weighted by atomic mass is 10.2. The molecule has 1 aromatic heterocycles. The Hall–Kier alpha value is -3.01. The van der Waals surface area contributed by atoms with Crippen LogP contribution in [0.5, 0.6) is 0 Å². The largest absolute Gasteiger partial charge is 0.463 e. The molecule has 1 heterocycles. The summed E-state index contributed by atoms with van der Waals surface area (Å²) in [5, 5.41) is 0. The van der Waals surface area contributed by atoms with Gasteiger partial charge in [-0.05, 0) is 13.0 Å². The molecule has 0 aliphatic heterocycles. The third-order valence-electron chi connectivity index (χ3n) is 3.39. The second kappa shape index (κ2) is 12.4. The van der Waals surface area contributed by atoms with E-state index in [1.807, 2.05) is 0 Å². The van der Waals surface area contributed by atoms with Gasteiger partial charge < -0.3 is 23.7 Å². The lowest BCUT2D eigenvalue weighted by Crippen LogP contribution is -2.50. The minimum atomic E-state index is -1.02. The van der Waals surface area contributed by atoms with E-state index in [4.69, 9.17) is 23.7 Å². The Morgan fingerprint density at radius 2 is 1.66 bits per heavy atom. The Balaban J connectivity index is 3.13. The van der Waals surface area contributed by atoms with Gasteiger partial charge in [0.2, 0.25) is 6.10 Å². The van der Waals surface area contributed by atoms with Gasteiger partial charge in [-0.15, -0.1) is 0 Å². The van der Waals surface area contributed by atoms with Crippen molar-refractivity contribution in [1.29, 1.82) is 0 Å². The molecule has 1 aromatic rings. The van der Waals surface area contributed by atoms with E-state index in [0.717, 1.165) is 0 Å². The number of ether oxygens (including phenoxy) is 5. The Kier molecular flexibility index (Phi) is 10.3. The van der Waals surface area contributed by atoms with Crippen molar-refractivity contribution >= 4 is 23.9 Å². The molecule has 0 saturated carbocycles. The molecule has 10 nitrogen and oxygen atoms in total. The second-order valence-corrected chi connectivity index (χ2v) is 5.81. The molecule has 1 rings (SSSR count). The number of rotatable bonds is 11. The Labute approximate surface area is 168 Å². The summed E-state index contributed by atoms with van der Waals surface area (Å²) in [6.07, 6.45) is 1.06. The molecule has 29 heavy (non-hydrogen) atoms. The van der Waals surface area contributed by atoms with Gasteiger partial charge in [0, 0.05) is 26.8 Å². The zero-order valence-corrected chi connectivity index (χ0v) is 16.9. The molecular weight excluding hydrogens is 386 g/mol. The van der Waals surface area contributed by atoms with E-state index in [-0.39, 0.29) is 32.0 Å². The van der Waals surface area contributed by atoms with Gasteiger partial charge in [-0.3, -0.25) is 14.4 Å². The zero-order chi connectivity index (χ0) is 21.8. The molecule has 10 heteroatoms. The average molecular weight is 412 g/mol. The van der Waals surface area contributed by atoms with Crippen LogP contribution in [0, 0.1) is 0 Å². The van der Waals surface area contributed by atoms with Gasteiger partial charge in [0.15, 0.2) is 12.4 Å². The molecule has 0 aliphatic rings. The maximum Gasteiger partial charge on any atom is 0.344 e. The Bertz CT molecular complexity index is 719. The molecule has 0 fully saturated rings. The van der Waals surface area contributed by atoms with Crippen LogP contribution in [0.3, 0.4) is 0 Å². The summed E-state index contributed by atoms with van der Waals surface area (Å²) < 4.78 is 27.3. The summed E-state index contributed by atoms with van der Waals surface area (Å²) in [5.74, 6) is -2.19. The van der Waals surface area contributed by atoms with Crippen LogP contribution in [0.2, 0.25) is 0 Å². The van der Waals surface area contributed by atoms with E-state index < -0.39 is 36.2 Å². The highest BCUT2D eigenvalue weighted by Gasteiger charge is 2.35. The Morgan fingerprint density at radius 1 is 0.966 bits per heavy atom. The van der Waals surface area contributed by atoms with E-state index in [2.05, 4.69) is 0 Å². The molecule has 0 radical (unpaired) electrons. The molecule has 0 amide bonds. The van der Waals surface area contributed by atoms with Gasteiger partial charge in [-0.25, -0.2) is 4.79 Å². The predicted molar refractivity (Wildman–Crippen MR) is 96.4 cm³/mol. The van der Waals surface area contributed by atoms with Crippen LogP contribution in [-0.4, -0.2) is 56.4 Å². The predicted octanol–water partition coefficient (Wildman–Crippen LogP) is 0.724. The van der Waals surface area contributed by atoms with Crippen LogP contribution in [-0.2, 0) is 38.1 Å². The van der Waals surface area contributed by atoms with Crippen LogP contribution in [0.1, 0.15) is 44.3 Å². The van der Waals surface area contributed by atoms with E-state index >= 15 is 0 Å². The summed E-state index contributed by atoms with van der Waals surface area (Å²) in [6, 6.07) is 3.14. The fourth-order valence-corrected chi connectivity index (χ4v) is 2.31. The number of aromatic nitrogens is 1. The minimum absolute atomic E-state index is 0.0291. The lowest BCUT2D eigenvalue weighted by Gasteiger charge is -2.22. The maximum absolute atomic E-state index is 12.0. The number of esters is 4. The SMILES string of the molecule is CCOC(=O)c1ccc[n+](C(OCCOC(C)=O)[C@H](COC(C)=O)OC(C)=O)c1. The third-order valence-corrected chi connectivity index (χ3v) is 3.39. The first kappa shape index (κ1) is 24.0. The van der Waals surface area contributed by atoms with Crippen LogP contribution in [0.15, 0.2) is 24.5 Å². The normalized spacial score (nSPS) is 12.4. The van der Waals surface area contributed by atoms with Gasteiger partial charge in [-0.1, -0.05) is 0 Å². The van der Waals surface area contributed by atoms with E-state index in [1.54, 1.807) is 25.3 Å². The molecule has 0 bridgehead atoms. The summed E-state index contributed by atoms with van der Waals surface area (Å²) >= 11 is 0. The highest BCUT2D eigenvalue weighted by molar-refractivity contribution is 5.88. The molecule has 2 atom stereocenters. The van der Waals surface area contributed by atoms with Gasteiger partial charge >= 0.3 is 30.1 Å². The van der Waals surface area contributed by atoms with Crippen molar-refractivity contribution in [2.24, 2.45) is 0 Å². The van der Waals surface area contributed by atoms with Gasteiger partial charge in [0.05, 0.1) is 13.2 Å². The maximum atomic E-state index is 12.0. The number of carbonyl (C=O) groups is 4. The van der Waals surface area contributed by atoms with Gasteiger partial charge in [0.25, 0.3) is 0 Å². The van der Waals surface area contributed by atoms with Crippen molar-refractivity contribution in [3.05, 3.63) is 30.1 Å². The smallest absolute Gasteiger partial charge is 0.344 e. The molecule has 0 aliphatic carbocycles. The van der Waals surface area contributed by atoms with Crippen molar-refractivity contribution in [1.82, 2.24) is 0 Å². The molecule has 0 aromatic carbocycles. The monoisotopic (exact) mass is 412 g/mol. The molecule has 160 valence electrons. The topological polar surface area (TPSA) is 118 Å². The van der Waals surface area contributed by atoms with Gasteiger partial charge in [-0.2, -0.15) is 4.57 Å². The molecule has 0 saturated heterocycles. The summed E-state index contributed by atoms with van der Waals surface area (Å²) in [4.78, 5) is 45.7. The fourth-order valence-electron chi connectivity index (χ4n) is 2.31. The summed E-state index contributed by atoms with van der Waals surface area (Å²) in [5.41, 5.74) is 0.247. The number of nitrogens with zero attached hydrogens (tertiary/aromatic N) is 1. The zero-order valence-electron chi connectivity index (χ0n) is 16.9. The lowest BCUT2D eigenvalue weighted by molar-refractivity contribution is -0.770. The van der Waals surface area contributed by atoms with Crippen molar-refractivity contribution in [2.45, 2.75) is 40.0 Å². The molecule has 0 N–H and O–H groups in total. The first-order valence-electron chi connectivity index (χ1n) is 8.98. The van der Waals surface area contributed by atoms with Crippen molar-refractivity contribution in [2.75, 3.05) is 26.4 Å². The first-order chi connectivity index (χ1) is 13.7.